The van der Waals surface area contributed by atoms with Crippen LogP contribution in [0.2, 0.25) is 0 Å². The summed E-state index contributed by atoms with van der Waals surface area (Å²) in [6, 6.07) is 2.53. The average molecular weight is 237 g/mol. The van der Waals surface area contributed by atoms with Gasteiger partial charge in [-0.05, 0) is 38.3 Å². The molecule has 0 saturated carbocycles. The van der Waals surface area contributed by atoms with Gasteiger partial charge in [-0.15, -0.1) is 0 Å². The quantitative estimate of drug-likeness (QED) is 0.822. The second kappa shape index (κ2) is 6.17. The van der Waals surface area contributed by atoms with Gasteiger partial charge in [0.05, 0.1) is 18.9 Å². The van der Waals surface area contributed by atoms with Gasteiger partial charge in [0.25, 0.3) is 0 Å². The highest BCUT2D eigenvalue weighted by atomic mass is 16.5. The third-order valence-electron chi connectivity index (χ3n) is 3.47. The molecule has 0 aromatic carbocycles. The molecule has 0 amide bonds. The molecule has 2 unspecified atom stereocenters. The normalized spacial score (nSPS) is 21.9. The van der Waals surface area contributed by atoms with Gasteiger partial charge in [0.2, 0.25) is 0 Å². The Bertz CT molecular complexity index is 331. The number of nitrogens with zero attached hydrogens (tertiary/aromatic N) is 2. The Hall–Kier alpha value is -0.870. The fourth-order valence-electron chi connectivity index (χ4n) is 2.07. The lowest BCUT2D eigenvalue weighted by Gasteiger charge is -2.09. The fourth-order valence-corrected chi connectivity index (χ4v) is 2.07. The largest absolute Gasteiger partial charge is 0.375 e. The molecule has 0 bridgehead atoms. The van der Waals surface area contributed by atoms with E-state index in [1.165, 1.54) is 6.42 Å². The maximum Gasteiger partial charge on any atom is 0.0906 e. The second-order valence-corrected chi connectivity index (χ2v) is 4.92. The molecule has 17 heavy (non-hydrogen) atoms. The minimum atomic E-state index is 0.475. The standard InChI is InChI=1S/C13H23N3O/c1-3-11(2)16-7-5-13(15-16)10-17-9-12-4-6-14-8-12/h5,7,11-12,14H,3-4,6,8-10H2,1-2H3. The Morgan fingerprint density at radius 3 is 3.24 bits per heavy atom. The number of ether oxygens (including phenoxy) is 1. The maximum atomic E-state index is 5.71. The zero-order chi connectivity index (χ0) is 12.1. The van der Waals surface area contributed by atoms with Crippen molar-refractivity contribution in [3.63, 3.8) is 0 Å². The maximum absolute atomic E-state index is 5.71. The van der Waals surface area contributed by atoms with Gasteiger partial charge in [0, 0.05) is 18.8 Å². The van der Waals surface area contributed by atoms with E-state index in [0.717, 1.165) is 31.8 Å². The van der Waals surface area contributed by atoms with E-state index in [2.05, 4.69) is 30.3 Å². The molecule has 0 spiro atoms. The van der Waals surface area contributed by atoms with Crippen LogP contribution in [0.3, 0.4) is 0 Å². The van der Waals surface area contributed by atoms with Crippen LogP contribution in [-0.2, 0) is 11.3 Å². The number of hydrogen-bond donors (Lipinski definition) is 1. The van der Waals surface area contributed by atoms with Crippen molar-refractivity contribution in [2.75, 3.05) is 19.7 Å². The first-order chi connectivity index (χ1) is 8.29. The number of rotatable bonds is 6. The molecule has 4 nitrogen and oxygen atoms in total. The van der Waals surface area contributed by atoms with Gasteiger partial charge in [0.1, 0.15) is 0 Å². The summed E-state index contributed by atoms with van der Waals surface area (Å²) in [6.45, 7) is 8.08. The summed E-state index contributed by atoms with van der Waals surface area (Å²) < 4.78 is 7.74. The molecule has 1 aliphatic heterocycles. The monoisotopic (exact) mass is 237 g/mol. The van der Waals surface area contributed by atoms with Crippen LogP contribution >= 0.6 is 0 Å². The predicted molar refractivity (Wildman–Crippen MR) is 67.9 cm³/mol. The first kappa shape index (κ1) is 12.6. The van der Waals surface area contributed by atoms with Gasteiger partial charge in [-0.2, -0.15) is 5.10 Å². The van der Waals surface area contributed by atoms with Crippen LogP contribution in [0, 0.1) is 5.92 Å². The SMILES string of the molecule is CCC(C)n1ccc(COCC2CCNC2)n1. The molecule has 2 rings (SSSR count). The summed E-state index contributed by atoms with van der Waals surface area (Å²) in [5, 5.41) is 7.87. The summed E-state index contributed by atoms with van der Waals surface area (Å²) in [7, 11) is 0. The zero-order valence-electron chi connectivity index (χ0n) is 10.9. The molecule has 1 aromatic heterocycles. The second-order valence-electron chi connectivity index (χ2n) is 4.92. The molecule has 2 heterocycles. The first-order valence-corrected chi connectivity index (χ1v) is 6.62. The lowest BCUT2D eigenvalue weighted by atomic mass is 10.1. The van der Waals surface area contributed by atoms with Gasteiger partial charge in [-0.1, -0.05) is 6.92 Å². The molecule has 1 N–H and O–H groups in total. The van der Waals surface area contributed by atoms with Crippen LogP contribution in [0.5, 0.6) is 0 Å². The summed E-state index contributed by atoms with van der Waals surface area (Å²) in [6.07, 6.45) is 4.39. The topological polar surface area (TPSA) is 39.1 Å². The molecule has 96 valence electrons. The van der Waals surface area contributed by atoms with Crippen molar-refractivity contribution in [1.29, 1.82) is 0 Å². The van der Waals surface area contributed by atoms with E-state index in [-0.39, 0.29) is 0 Å². The summed E-state index contributed by atoms with van der Waals surface area (Å²) in [4.78, 5) is 0. The summed E-state index contributed by atoms with van der Waals surface area (Å²) in [5.74, 6) is 0.687. The van der Waals surface area contributed by atoms with Crippen LogP contribution in [0.25, 0.3) is 0 Å². The Labute approximate surface area is 103 Å². The van der Waals surface area contributed by atoms with Crippen LogP contribution in [-0.4, -0.2) is 29.5 Å². The highest BCUT2D eigenvalue weighted by Crippen LogP contribution is 2.11. The van der Waals surface area contributed by atoms with E-state index in [1.54, 1.807) is 0 Å². The van der Waals surface area contributed by atoms with Crippen molar-refractivity contribution in [2.24, 2.45) is 5.92 Å². The van der Waals surface area contributed by atoms with Crippen molar-refractivity contribution in [2.45, 2.75) is 39.3 Å². The third kappa shape index (κ3) is 3.54. The van der Waals surface area contributed by atoms with Gasteiger partial charge < -0.3 is 10.1 Å². The fraction of sp³-hybridized carbons (Fsp3) is 0.769. The van der Waals surface area contributed by atoms with E-state index in [4.69, 9.17) is 4.74 Å². The van der Waals surface area contributed by atoms with Crippen molar-refractivity contribution >= 4 is 0 Å². The molecule has 1 aliphatic rings. The molecule has 1 fully saturated rings. The molecule has 1 aromatic rings. The Morgan fingerprint density at radius 1 is 1.65 bits per heavy atom. The molecule has 0 aliphatic carbocycles. The lowest BCUT2D eigenvalue weighted by Crippen LogP contribution is -2.14. The Morgan fingerprint density at radius 2 is 2.53 bits per heavy atom. The van der Waals surface area contributed by atoms with E-state index in [9.17, 15) is 0 Å². The van der Waals surface area contributed by atoms with Crippen molar-refractivity contribution in [3.8, 4) is 0 Å². The van der Waals surface area contributed by atoms with E-state index >= 15 is 0 Å². The van der Waals surface area contributed by atoms with E-state index < -0.39 is 0 Å². The summed E-state index contributed by atoms with van der Waals surface area (Å²) in [5.41, 5.74) is 1.04. The molecule has 0 radical (unpaired) electrons. The van der Waals surface area contributed by atoms with Crippen LogP contribution in [0.15, 0.2) is 12.3 Å². The summed E-state index contributed by atoms with van der Waals surface area (Å²) >= 11 is 0. The smallest absolute Gasteiger partial charge is 0.0906 e. The van der Waals surface area contributed by atoms with E-state index in [1.807, 2.05) is 10.9 Å². The van der Waals surface area contributed by atoms with Gasteiger partial charge >= 0.3 is 0 Å². The molecule has 1 saturated heterocycles. The minimum absolute atomic E-state index is 0.475. The number of aromatic nitrogens is 2. The van der Waals surface area contributed by atoms with Crippen LogP contribution in [0.4, 0.5) is 0 Å². The number of hydrogen-bond acceptors (Lipinski definition) is 3. The number of nitrogens with one attached hydrogen (secondary N) is 1. The van der Waals surface area contributed by atoms with Gasteiger partial charge in [-0.25, -0.2) is 0 Å². The highest BCUT2D eigenvalue weighted by Gasteiger charge is 2.14. The highest BCUT2D eigenvalue weighted by molar-refractivity contribution is 4.97. The van der Waals surface area contributed by atoms with Crippen molar-refractivity contribution in [1.82, 2.24) is 15.1 Å². The molecule has 4 heteroatoms. The third-order valence-corrected chi connectivity index (χ3v) is 3.47. The van der Waals surface area contributed by atoms with Crippen molar-refractivity contribution < 1.29 is 4.74 Å². The Balaban J connectivity index is 1.73. The predicted octanol–water partition coefficient (Wildman–Crippen LogP) is 1.98. The van der Waals surface area contributed by atoms with Gasteiger partial charge in [-0.3, -0.25) is 4.68 Å². The van der Waals surface area contributed by atoms with Crippen LogP contribution in [0.1, 0.15) is 38.4 Å². The molecular weight excluding hydrogens is 214 g/mol. The van der Waals surface area contributed by atoms with E-state index in [0.29, 0.717) is 18.6 Å². The molecule has 2 atom stereocenters. The van der Waals surface area contributed by atoms with Crippen molar-refractivity contribution in [3.05, 3.63) is 18.0 Å². The lowest BCUT2D eigenvalue weighted by molar-refractivity contribution is 0.0897. The van der Waals surface area contributed by atoms with Crippen LogP contribution < -0.4 is 5.32 Å². The Kier molecular flexibility index (Phi) is 4.57. The zero-order valence-corrected chi connectivity index (χ0v) is 10.9. The van der Waals surface area contributed by atoms with Gasteiger partial charge in [0.15, 0.2) is 0 Å². The average Bonchev–Trinajstić information content (AvgIpc) is 2.99. The molecular formula is C13H23N3O. The minimum Gasteiger partial charge on any atom is -0.375 e. The first-order valence-electron chi connectivity index (χ1n) is 6.62.